The molecule has 0 unspecified atom stereocenters. The van der Waals surface area contributed by atoms with Crippen molar-refractivity contribution in [1.82, 2.24) is 0 Å². The first-order chi connectivity index (χ1) is 22.9. The van der Waals surface area contributed by atoms with Gasteiger partial charge in [-0.15, -0.1) is 0 Å². The van der Waals surface area contributed by atoms with Crippen LogP contribution in [0.5, 0.6) is 0 Å². The normalized spacial score (nSPS) is 12.4. The predicted octanol–water partition coefficient (Wildman–Crippen LogP) is 9.88. The zero-order valence-electron chi connectivity index (χ0n) is 25.2. The molecular weight excluding hydrogens is 569 g/mol. The van der Waals surface area contributed by atoms with E-state index in [0.29, 0.717) is 0 Å². The maximum absolute atomic E-state index is 2.46. The summed E-state index contributed by atoms with van der Waals surface area (Å²) in [5.41, 5.74) is 14.4. The molecule has 0 amide bonds. The second-order valence-electron chi connectivity index (χ2n) is 11.8. The van der Waals surface area contributed by atoms with Gasteiger partial charge in [-0.05, 0) is 89.2 Å². The Bertz CT molecular complexity index is 2020. The number of hydrogen-bond donors (Lipinski definition) is 0. The van der Waals surface area contributed by atoms with E-state index in [4.69, 9.17) is 0 Å². The van der Waals surface area contributed by atoms with Gasteiger partial charge < -0.3 is 14.7 Å². The Hall–Kier alpha value is -6.00. The molecular formula is C43H34BN3. The van der Waals surface area contributed by atoms with Crippen molar-refractivity contribution in [1.29, 1.82) is 0 Å². The van der Waals surface area contributed by atoms with E-state index in [1.165, 1.54) is 39.1 Å². The summed E-state index contributed by atoms with van der Waals surface area (Å²) >= 11 is 0. The van der Waals surface area contributed by atoms with Gasteiger partial charge in [0.1, 0.15) is 0 Å². The molecule has 4 heteroatoms. The SMILES string of the molecule is C.c1ccc(N(c2ccccc2)c2cc3c4c(c2)N(c2ccccc2)c2ccccc2B4c2ccccc2N3c2ccccc2)cc1. The van der Waals surface area contributed by atoms with Crippen LogP contribution in [0.1, 0.15) is 7.43 Å². The molecule has 2 aliphatic rings. The molecule has 7 aromatic carbocycles. The summed E-state index contributed by atoms with van der Waals surface area (Å²) in [4.78, 5) is 7.29. The van der Waals surface area contributed by atoms with Gasteiger partial charge in [-0.1, -0.05) is 117 Å². The van der Waals surface area contributed by atoms with Crippen molar-refractivity contribution in [3.63, 3.8) is 0 Å². The third kappa shape index (κ3) is 4.61. The van der Waals surface area contributed by atoms with Crippen molar-refractivity contribution in [3.05, 3.63) is 182 Å². The Labute approximate surface area is 277 Å². The van der Waals surface area contributed by atoms with Gasteiger partial charge in [0.25, 0.3) is 6.71 Å². The molecule has 0 fully saturated rings. The molecule has 0 aromatic heterocycles. The quantitative estimate of drug-likeness (QED) is 0.181. The van der Waals surface area contributed by atoms with Crippen LogP contribution in [0.2, 0.25) is 0 Å². The summed E-state index contributed by atoms with van der Waals surface area (Å²) in [7, 11) is 0. The van der Waals surface area contributed by atoms with E-state index in [1.54, 1.807) is 0 Å². The Morgan fingerprint density at radius 1 is 0.362 bits per heavy atom. The van der Waals surface area contributed by atoms with E-state index >= 15 is 0 Å². The average molecular weight is 604 g/mol. The maximum Gasteiger partial charge on any atom is 0.252 e. The minimum atomic E-state index is 0. The second-order valence-corrected chi connectivity index (χ2v) is 11.8. The van der Waals surface area contributed by atoms with Gasteiger partial charge >= 0.3 is 0 Å². The van der Waals surface area contributed by atoms with E-state index in [1.807, 2.05) is 0 Å². The van der Waals surface area contributed by atoms with Crippen LogP contribution in [0.25, 0.3) is 0 Å². The average Bonchev–Trinajstić information content (AvgIpc) is 3.13. The van der Waals surface area contributed by atoms with E-state index in [2.05, 4.69) is 197 Å². The minimum absolute atomic E-state index is 0. The summed E-state index contributed by atoms with van der Waals surface area (Å²) in [6.45, 7) is 0.0910. The molecule has 0 N–H and O–H groups in total. The zero-order valence-corrected chi connectivity index (χ0v) is 25.2. The molecule has 3 nitrogen and oxygen atoms in total. The Balaban J connectivity index is 0.00000324. The summed E-state index contributed by atoms with van der Waals surface area (Å²) in [5, 5.41) is 0. The number of para-hydroxylation sites is 6. The lowest BCUT2D eigenvalue weighted by molar-refractivity contribution is 1.23. The van der Waals surface area contributed by atoms with Crippen molar-refractivity contribution in [3.8, 4) is 0 Å². The fraction of sp³-hybridized carbons (Fsp3) is 0.0233. The second kappa shape index (κ2) is 11.7. The van der Waals surface area contributed by atoms with Crippen LogP contribution in [0.15, 0.2) is 182 Å². The predicted molar refractivity (Wildman–Crippen MR) is 202 cm³/mol. The van der Waals surface area contributed by atoms with Crippen LogP contribution in [0, 0.1) is 0 Å². The third-order valence-corrected chi connectivity index (χ3v) is 9.18. The lowest BCUT2D eigenvalue weighted by atomic mass is 9.33. The van der Waals surface area contributed by atoms with Gasteiger partial charge in [-0.2, -0.15) is 0 Å². The highest BCUT2D eigenvalue weighted by molar-refractivity contribution is 7.00. The molecule has 0 bridgehead atoms. The summed E-state index contributed by atoms with van der Waals surface area (Å²) < 4.78 is 0. The van der Waals surface area contributed by atoms with Crippen molar-refractivity contribution in [2.45, 2.75) is 7.43 Å². The molecule has 2 aliphatic heterocycles. The summed E-state index contributed by atoms with van der Waals surface area (Å²) in [5.74, 6) is 0. The van der Waals surface area contributed by atoms with Crippen LogP contribution in [0.4, 0.5) is 51.2 Å². The summed E-state index contributed by atoms with van der Waals surface area (Å²) in [6, 6.07) is 65.6. The smallest absolute Gasteiger partial charge is 0.252 e. The van der Waals surface area contributed by atoms with Crippen LogP contribution in [0.3, 0.4) is 0 Å². The highest BCUT2D eigenvalue weighted by Crippen LogP contribution is 2.47. The highest BCUT2D eigenvalue weighted by Gasteiger charge is 2.43. The maximum atomic E-state index is 2.46. The van der Waals surface area contributed by atoms with Gasteiger partial charge in [0.2, 0.25) is 0 Å². The molecule has 0 aliphatic carbocycles. The van der Waals surface area contributed by atoms with E-state index in [-0.39, 0.29) is 14.1 Å². The van der Waals surface area contributed by atoms with Crippen molar-refractivity contribution < 1.29 is 0 Å². The van der Waals surface area contributed by atoms with Crippen LogP contribution in [-0.4, -0.2) is 6.71 Å². The first-order valence-electron chi connectivity index (χ1n) is 15.8. The number of rotatable bonds is 5. The van der Waals surface area contributed by atoms with Gasteiger partial charge in [0.15, 0.2) is 0 Å². The molecule has 47 heavy (non-hydrogen) atoms. The molecule has 224 valence electrons. The number of benzene rings is 7. The van der Waals surface area contributed by atoms with Crippen molar-refractivity contribution in [2.24, 2.45) is 0 Å². The number of nitrogens with zero attached hydrogens (tertiary/aromatic N) is 3. The molecule has 0 saturated carbocycles. The molecule has 2 heterocycles. The Morgan fingerprint density at radius 2 is 0.723 bits per heavy atom. The van der Waals surface area contributed by atoms with Crippen LogP contribution >= 0.6 is 0 Å². The number of fused-ring (bicyclic) bond motifs is 4. The van der Waals surface area contributed by atoms with E-state index in [0.717, 1.165) is 28.4 Å². The lowest BCUT2D eigenvalue weighted by Gasteiger charge is -2.45. The zero-order chi connectivity index (χ0) is 30.5. The van der Waals surface area contributed by atoms with Gasteiger partial charge in [0.05, 0.1) is 5.69 Å². The monoisotopic (exact) mass is 603 g/mol. The Morgan fingerprint density at radius 3 is 1.15 bits per heavy atom. The molecule has 9 rings (SSSR count). The standard InChI is InChI=1S/C42H30BN3.CH4/c1-5-17-31(18-6-1)44(32-19-7-2-8-20-32)35-29-40-42-41(30-35)46(34-23-11-4-12-24-34)39-28-16-14-26-37(39)43(42)36-25-13-15-27-38(36)45(40)33-21-9-3-10-22-33;/h1-30H;1H4. The number of hydrogen-bond acceptors (Lipinski definition) is 3. The molecule has 0 saturated heterocycles. The van der Waals surface area contributed by atoms with E-state index < -0.39 is 0 Å². The highest BCUT2D eigenvalue weighted by atomic mass is 15.2. The van der Waals surface area contributed by atoms with Crippen molar-refractivity contribution >= 4 is 74.3 Å². The summed E-state index contributed by atoms with van der Waals surface area (Å²) in [6.07, 6.45) is 0. The first kappa shape index (κ1) is 28.5. The minimum Gasteiger partial charge on any atom is -0.311 e. The van der Waals surface area contributed by atoms with Crippen molar-refractivity contribution in [2.75, 3.05) is 14.7 Å². The molecule has 0 radical (unpaired) electrons. The molecule has 0 atom stereocenters. The number of anilines is 9. The Kier molecular flexibility index (Phi) is 7.11. The van der Waals surface area contributed by atoms with E-state index in [9.17, 15) is 0 Å². The third-order valence-electron chi connectivity index (χ3n) is 9.18. The fourth-order valence-electron chi connectivity index (χ4n) is 7.32. The van der Waals surface area contributed by atoms with Gasteiger partial charge in [0, 0.05) is 45.5 Å². The van der Waals surface area contributed by atoms with Gasteiger partial charge in [-0.3, -0.25) is 0 Å². The van der Waals surface area contributed by atoms with Crippen LogP contribution in [-0.2, 0) is 0 Å². The van der Waals surface area contributed by atoms with Crippen LogP contribution < -0.4 is 31.1 Å². The van der Waals surface area contributed by atoms with Gasteiger partial charge in [-0.25, -0.2) is 0 Å². The topological polar surface area (TPSA) is 9.72 Å². The lowest BCUT2D eigenvalue weighted by Crippen LogP contribution is -2.61. The molecule has 7 aromatic rings. The molecule has 0 spiro atoms. The largest absolute Gasteiger partial charge is 0.311 e. The fourth-order valence-corrected chi connectivity index (χ4v) is 7.32. The first-order valence-corrected chi connectivity index (χ1v) is 15.8.